The zero-order chi connectivity index (χ0) is 23.8. The highest BCUT2D eigenvalue weighted by molar-refractivity contribution is 7.87. The van der Waals surface area contributed by atoms with Crippen LogP contribution in [0.2, 0.25) is 5.02 Å². The maximum Gasteiger partial charge on any atom is 0.280 e. The number of anilines is 1. The molecule has 1 aliphatic heterocycles. The van der Waals surface area contributed by atoms with Gasteiger partial charge in [0.15, 0.2) is 0 Å². The molecule has 7 nitrogen and oxygen atoms in total. The van der Waals surface area contributed by atoms with Gasteiger partial charge in [-0.05, 0) is 59.3 Å². The Balaban J connectivity index is 1.55. The molecule has 4 rings (SSSR count). The number of nitrogens with one attached hydrogen (secondary N) is 2. The minimum absolute atomic E-state index is 0.137. The molecule has 1 amide bonds. The van der Waals surface area contributed by atoms with Crippen LogP contribution in [0.5, 0.6) is 5.75 Å². The van der Waals surface area contributed by atoms with Crippen molar-refractivity contribution in [3.63, 3.8) is 0 Å². The van der Waals surface area contributed by atoms with Crippen molar-refractivity contribution in [2.24, 2.45) is 0 Å². The maximum absolute atomic E-state index is 13.4. The van der Waals surface area contributed by atoms with Crippen LogP contribution in [0, 0.1) is 5.82 Å². The molecule has 174 valence electrons. The van der Waals surface area contributed by atoms with E-state index in [2.05, 4.69) is 10.0 Å². The Hall–Kier alpha value is -2.50. The number of nitrogens with zero attached hydrogens (tertiary/aromatic N) is 1. The van der Waals surface area contributed by atoms with Gasteiger partial charge in [-0.15, -0.1) is 11.3 Å². The third-order valence-corrected chi connectivity index (χ3v) is 8.38. The lowest BCUT2D eigenvalue weighted by atomic mass is 10.0. The number of hydrogen-bond acceptors (Lipinski definition) is 5. The van der Waals surface area contributed by atoms with E-state index in [1.54, 1.807) is 7.11 Å². The summed E-state index contributed by atoms with van der Waals surface area (Å²) in [6, 6.07) is 11.7. The lowest BCUT2D eigenvalue weighted by Gasteiger charge is -2.35. The zero-order valence-corrected chi connectivity index (χ0v) is 20.1. The molecular weight excluding hydrogens is 489 g/mol. The summed E-state index contributed by atoms with van der Waals surface area (Å²) < 4.78 is 47.7. The molecule has 11 heteroatoms. The molecule has 2 aromatic carbocycles. The summed E-state index contributed by atoms with van der Waals surface area (Å²) in [5.41, 5.74) is 2.19. The highest BCUT2D eigenvalue weighted by Crippen LogP contribution is 2.35. The molecular formula is C22H21ClFN3O4S2. The van der Waals surface area contributed by atoms with E-state index in [0.717, 1.165) is 32.1 Å². The Morgan fingerprint density at radius 2 is 1.94 bits per heavy atom. The predicted molar refractivity (Wildman–Crippen MR) is 127 cm³/mol. The van der Waals surface area contributed by atoms with E-state index in [9.17, 15) is 17.6 Å². The largest absolute Gasteiger partial charge is 0.497 e. The summed E-state index contributed by atoms with van der Waals surface area (Å²) in [5, 5.41) is 4.44. The van der Waals surface area contributed by atoms with Crippen LogP contribution >= 0.6 is 22.9 Å². The molecule has 0 saturated carbocycles. The zero-order valence-electron chi connectivity index (χ0n) is 17.7. The maximum atomic E-state index is 13.4. The fraction of sp³-hybridized carbons (Fsp3) is 0.227. The molecule has 1 aliphatic rings. The number of carbonyl (C=O) groups is 1. The fourth-order valence-corrected chi connectivity index (χ4v) is 6.07. The number of thiophene rings is 1. The van der Waals surface area contributed by atoms with E-state index < -0.39 is 34.0 Å². The average molecular weight is 510 g/mol. The first kappa shape index (κ1) is 23.7. The van der Waals surface area contributed by atoms with Crippen LogP contribution in [0.15, 0.2) is 53.9 Å². The van der Waals surface area contributed by atoms with Gasteiger partial charge < -0.3 is 10.1 Å². The van der Waals surface area contributed by atoms with E-state index in [0.29, 0.717) is 0 Å². The summed E-state index contributed by atoms with van der Waals surface area (Å²) in [4.78, 5) is 13.7. The molecule has 1 saturated heterocycles. The Labute approximate surface area is 200 Å². The van der Waals surface area contributed by atoms with E-state index >= 15 is 0 Å². The average Bonchev–Trinajstić information content (AvgIpc) is 3.28. The Morgan fingerprint density at radius 1 is 1.21 bits per heavy atom. The van der Waals surface area contributed by atoms with Crippen molar-refractivity contribution in [1.29, 1.82) is 0 Å². The minimum atomic E-state index is -3.90. The molecule has 33 heavy (non-hydrogen) atoms. The molecule has 1 aromatic heterocycles. The number of likely N-dealkylation sites (N-methyl/N-ethyl adjacent to an activating group) is 1. The van der Waals surface area contributed by atoms with Gasteiger partial charge >= 0.3 is 0 Å². The molecule has 0 spiro atoms. The number of halogens is 2. The van der Waals surface area contributed by atoms with Gasteiger partial charge in [0.25, 0.3) is 10.2 Å². The van der Waals surface area contributed by atoms with Crippen LogP contribution in [0.1, 0.15) is 17.3 Å². The Bertz CT molecular complexity index is 1280. The molecule has 1 fully saturated rings. The lowest BCUT2D eigenvalue weighted by Crippen LogP contribution is -2.55. The number of amides is 1. The van der Waals surface area contributed by atoms with Crippen molar-refractivity contribution in [2.75, 3.05) is 19.5 Å². The van der Waals surface area contributed by atoms with Crippen LogP contribution in [-0.2, 0) is 15.0 Å². The first-order chi connectivity index (χ1) is 15.7. The second kappa shape index (κ2) is 9.40. The first-order valence-electron chi connectivity index (χ1n) is 9.92. The molecule has 0 aliphatic carbocycles. The van der Waals surface area contributed by atoms with Gasteiger partial charge in [0.2, 0.25) is 5.91 Å². The van der Waals surface area contributed by atoms with E-state index in [1.165, 1.54) is 30.5 Å². The van der Waals surface area contributed by atoms with E-state index in [4.69, 9.17) is 16.3 Å². The number of hydrogen-bond donors (Lipinski definition) is 2. The van der Waals surface area contributed by atoms with Gasteiger partial charge in [-0.2, -0.15) is 17.4 Å². The fourth-order valence-electron chi connectivity index (χ4n) is 3.57. The summed E-state index contributed by atoms with van der Waals surface area (Å²) in [7, 11) is -0.955. The van der Waals surface area contributed by atoms with Crippen molar-refractivity contribution < 1.29 is 22.3 Å². The number of ether oxygens (including phenoxy) is 1. The third-order valence-electron chi connectivity index (χ3n) is 5.44. The van der Waals surface area contributed by atoms with Gasteiger partial charge in [-0.25, -0.2) is 4.39 Å². The van der Waals surface area contributed by atoms with Gasteiger partial charge in [0.1, 0.15) is 17.6 Å². The van der Waals surface area contributed by atoms with Crippen molar-refractivity contribution in [3.05, 3.63) is 69.6 Å². The molecule has 2 atom stereocenters. The van der Waals surface area contributed by atoms with Gasteiger partial charge in [0, 0.05) is 17.6 Å². The topological polar surface area (TPSA) is 87.7 Å². The number of methoxy groups -OCH3 is 1. The summed E-state index contributed by atoms with van der Waals surface area (Å²) in [5.74, 6) is -0.391. The summed E-state index contributed by atoms with van der Waals surface area (Å²) in [6.07, 6.45) is 0.221. The van der Waals surface area contributed by atoms with Crippen LogP contribution in [0.25, 0.3) is 11.1 Å². The van der Waals surface area contributed by atoms with E-state index in [1.807, 2.05) is 35.7 Å². The Kier molecular flexibility index (Phi) is 6.73. The quantitative estimate of drug-likeness (QED) is 0.532. The smallest absolute Gasteiger partial charge is 0.280 e. The van der Waals surface area contributed by atoms with Crippen molar-refractivity contribution in [1.82, 2.24) is 9.03 Å². The van der Waals surface area contributed by atoms with Gasteiger partial charge in [0.05, 0.1) is 18.2 Å². The van der Waals surface area contributed by atoms with Gasteiger partial charge in [-0.3, -0.25) is 4.79 Å². The number of benzene rings is 2. The van der Waals surface area contributed by atoms with Crippen molar-refractivity contribution in [3.8, 4) is 16.9 Å². The van der Waals surface area contributed by atoms with Crippen LogP contribution in [0.4, 0.5) is 10.1 Å². The highest BCUT2D eigenvalue weighted by Gasteiger charge is 2.41. The predicted octanol–water partition coefficient (Wildman–Crippen LogP) is 4.43. The SMILES string of the molecule is COc1ccc(-c2csc([C@H]3C[C@@H](C(=O)Nc4ccc(F)c(Cl)c4)N(C)S(=O)(=O)N3)c2)cc1. The first-order valence-corrected chi connectivity index (χ1v) is 12.6. The molecule has 3 aromatic rings. The second-order valence-corrected chi connectivity index (χ2v) is 10.6. The Morgan fingerprint density at radius 3 is 2.61 bits per heavy atom. The standard InChI is InChI=1S/C22H21ClFN3O4S2/c1-27-20(22(28)25-15-5-8-18(24)17(23)10-15)11-19(26-33(27,29)30)21-9-14(12-32-21)13-3-6-16(31-2)7-4-13/h3-10,12,19-20,26H,11H2,1-2H3,(H,25,28)/t19-,20+/m1/s1. The normalized spacial score (nSPS) is 20.4. The highest BCUT2D eigenvalue weighted by atomic mass is 35.5. The molecule has 0 bridgehead atoms. The lowest BCUT2D eigenvalue weighted by molar-refractivity contribution is -0.120. The molecule has 2 N–H and O–H groups in total. The van der Waals surface area contributed by atoms with Gasteiger partial charge in [-0.1, -0.05) is 23.7 Å². The van der Waals surface area contributed by atoms with Crippen molar-refractivity contribution in [2.45, 2.75) is 18.5 Å². The molecule has 2 heterocycles. The number of carbonyl (C=O) groups excluding carboxylic acids is 1. The summed E-state index contributed by atoms with van der Waals surface area (Å²) >= 11 is 7.20. The van der Waals surface area contributed by atoms with Crippen LogP contribution < -0.4 is 14.8 Å². The monoisotopic (exact) mass is 509 g/mol. The van der Waals surface area contributed by atoms with E-state index in [-0.39, 0.29) is 17.1 Å². The van der Waals surface area contributed by atoms with Crippen LogP contribution in [0.3, 0.4) is 0 Å². The second-order valence-electron chi connectivity index (χ2n) is 7.53. The molecule has 0 unspecified atom stereocenters. The van der Waals surface area contributed by atoms with Crippen molar-refractivity contribution >= 4 is 44.7 Å². The number of rotatable bonds is 5. The minimum Gasteiger partial charge on any atom is -0.497 e. The van der Waals surface area contributed by atoms with Crippen LogP contribution in [-0.4, -0.2) is 38.8 Å². The third kappa shape index (κ3) is 5.04. The summed E-state index contributed by atoms with van der Waals surface area (Å²) in [6.45, 7) is 0. The molecule has 0 radical (unpaired) electrons.